The molecular formula is C10H11ClN4O5. The van der Waals surface area contributed by atoms with Crippen molar-refractivity contribution in [2.24, 2.45) is 5.73 Å². The molecule has 1 unspecified atom stereocenters. The van der Waals surface area contributed by atoms with Crippen LogP contribution in [0.4, 0.5) is 0 Å². The third-order valence-electron chi connectivity index (χ3n) is 2.85. The maximum Gasteiger partial charge on any atom is 0.350 e. The van der Waals surface area contributed by atoms with Gasteiger partial charge in [-0.3, -0.25) is 9.55 Å². The maximum absolute atomic E-state index is 11.8. The number of aliphatic hydroxyl groups is 2. The second kappa shape index (κ2) is 5.35. The summed E-state index contributed by atoms with van der Waals surface area (Å²) in [5, 5.41) is 21.5. The first kappa shape index (κ1) is 12.1. The largest absolute Gasteiger partial charge is 0.394 e. The van der Waals surface area contributed by atoms with Gasteiger partial charge in [0.05, 0.1) is 9.30 Å². The van der Waals surface area contributed by atoms with Crippen molar-refractivity contribution in [3.63, 3.8) is 0 Å². The van der Waals surface area contributed by atoms with E-state index in [4.69, 9.17) is 24.8 Å². The molecule has 1 saturated heterocycles. The Bertz CT molecular complexity index is 750. The van der Waals surface area contributed by atoms with E-state index < -0.39 is 41.9 Å². The average molecular weight is 305 g/mol. The molecule has 2 heterocycles. The summed E-state index contributed by atoms with van der Waals surface area (Å²) in [7, 11) is 0. The summed E-state index contributed by atoms with van der Waals surface area (Å²) < 4.78 is 20.4. The molecule has 108 valence electrons. The van der Waals surface area contributed by atoms with E-state index in [9.17, 15) is 19.8 Å². The van der Waals surface area contributed by atoms with Crippen molar-refractivity contribution in [3.8, 4) is 11.3 Å². The number of ether oxygens (including phenoxy) is 1. The Morgan fingerprint density at radius 1 is 1.75 bits per heavy atom. The van der Waals surface area contributed by atoms with E-state index in [1.54, 1.807) is 0 Å². The zero-order valence-electron chi connectivity index (χ0n) is 11.8. The molecule has 0 aromatic carbocycles. The Labute approximate surface area is 119 Å². The van der Waals surface area contributed by atoms with Gasteiger partial charge in [-0.25, -0.2) is 9.59 Å². The van der Waals surface area contributed by atoms with Crippen LogP contribution < -0.4 is 17.1 Å². The van der Waals surface area contributed by atoms with Crippen LogP contribution >= 0.6 is 11.6 Å². The highest BCUT2D eigenvalue weighted by Crippen LogP contribution is 2.35. The third-order valence-corrected chi connectivity index (χ3v) is 2.95. The number of nitrogens with zero attached hydrogens (tertiary/aromatic N) is 2. The van der Waals surface area contributed by atoms with Crippen LogP contribution in [0.2, 0.25) is 0 Å². The number of nitrogens with two attached hydrogens (primary N) is 1. The van der Waals surface area contributed by atoms with Crippen molar-refractivity contribution in [1.82, 2.24) is 14.5 Å². The highest BCUT2D eigenvalue weighted by atomic mass is 35.5. The van der Waals surface area contributed by atoms with Crippen LogP contribution in [0.1, 0.15) is 8.97 Å². The maximum atomic E-state index is 11.8. The van der Waals surface area contributed by atoms with Crippen LogP contribution in [0.25, 0.3) is 0 Å². The molecule has 1 aliphatic heterocycles. The normalized spacial score (nSPS) is 34.9. The van der Waals surface area contributed by atoms with Crippen molar-refractivity contribution in [2.75, 3.05) is 6.56 Å². The van der Waals surface area contributed by atoms with Gasteiger partial charge in [0, 0.05) is 5.38 Å². The summed E-state index contributed by atoms with van der Waals surface area (Å²) in [5.41, 5.74) is 1.98. The second-order valence-corrected chi connectivity index (χ2v) is 4.21. The Kier molecular flexibility index (Phi) is 3.23. The Morgan fingerprint density at radius 3 is 3.00 bits per heavy atom. The Balaban J connectivity index is 2.59. The molecular weight excluding hydrogens is 292 g/mol. The SMILES string of the molecule is [2H]C([2H])(O)[C@H]1O[C@@H](n2cnc(=O)[nH]c2=O)C(N)(C#CCl)[C@H]1O. The Hall–Kier alpha value is -1.70. The molecule has 0 spiro atoms. The first-order valence-electron chi connectivity index (χ1n) is 6.26. The van der Waals surface area contributed by atoms with E-state index in [0.717, 1.165) is 6.33 Å². The zero-order valence-corrected chi connectivity index (χ0v) is 10.5. The van der Waals surface area contributed by atoms with Gasteiger partial charge in [-0.15, -0.1) is 0 Å². The summed E-state index contributed by atoms with van der Waals surface area (Å²) in [6, 6.07) is 0. The van der Waals surface area contributed by atoms with E-state index in [0.29, 0.717) is 4.57 Å². The van der Waals surface area contributed by atoms with Gasteiger partial charge in [-0.2, -0.15) is 4.98 Å². The molecule has 2 rings (SSSR count). The van der Waals surface area contributed by atoms with Gasteiger partial charge >= 0.3 is 11.4 Å². The number of halogens is 1. The number of aromatic nitrogens is 3. The molecule has 0 saturated carbocycles. The fourth-order valence-electron chi connectivity index (χ4n) is 1.86. The van der Waals surface area contributed by atoms with Gasteiger partial charge in [-0.1, -0.05) is 5.92 Å². The summed E-state index contributed by atoms with van der Waals surface area (Å²) in [6.45, 7) is -2.97. The lowest BCUT2D eigenvalue weighted by molar-refractivity contribution is -0.0481. The fourth-order valence-corrected chi connectivity index (χ4v) is 2.02. The minimum absolute atomic E-state index is 0.706. The van der Waals surface area contributed by atoms with Crippen LogP contribution in [-0.4, -0.2) is 49.1 Å². The molecule has 4 atom stereocenters. The number of rotatable bonds is 2. The van der Waals surface area contributed by atoms with Crippen molar-refractivity contribution in [3.05, 3.63) is 27.3 Å². The van der Waals surface area contributed by atoms with Crippen LogP contribution in [0.5, 0.6) is 0 Å². The molecule has 10 heteroatoms. The number of H-pyrrole nitrogens is 1. The lowest BCUT2D eigenvalue weighted by Crippen LogP contribution is -2.55. The molecule has 1 fully saturated rings. The average Bonchev–Trinajstić information content (AvgIpc) is 2.63. The smallest absolute Gasteiger partial charge is 0.350 e. The molecule has 5 N–H and O–H groups in total. The molecule has 0 radical (unpaired) electrons. The minimum atomic E-state index is -2.97. The van der Waals surface area contributed by atoms with E-state index >= 15 is 0 Å². The van der Waals surface area contributed by atoms with Crippen molar-refractivity contribution < 1.29 is 17.7 Å². The number of hydrogen-bond acceptors (Lipinski definition) is 7. The minimum Gasteiger partial charge on any atom is -0.394 e. The summed E-state index contributed by atoms with van der Waals surface area (Å²) >= 11 is 5.29. The van der Waals surface area contributed by atoms with Gasteiger partial charge in [0.2, 0.25) is 0 Å². The third kappa shape index (κ3) is 2.24. The Morgan fingerprint density at radius 2 is 2.45 bits per heavy atom. The van der Waals surface area contributed by atoms with Crippen LogP contribution in [-0.2, 0) is 4.74 Å². The lowest BCUT2D eigenvalue weighted by atomic mass is 9.92. The summed E-state index contributed by atoms with van der Waals surface area (Å²) in [4.78, 5) is 27.9. The van der Waals surface area contributed by atoms with E-state index in [-0.39, 0.29) is 0 Å². The quantitative estimate of drug-likeness (QED) is 0.428. The van der Waals surface area contributed by atoms with E-state index in [2.05, 4.69) is 10.9 Å². The standard InChI is InChI=1S/C10H11ClN4O5/c11-2-1-10(12)6(17)5(3-16)20-7(10)15-4-13-8(18)14-9(15)19/h4-7,16-17H,3,12H2,(H,14,18,19)/t5-,6+,7-,10?/m1/s1/i3D2. The summed E-state index contributed by atoms with van der Waals surface area (Å²) in [5.74, 6) is 2.22. The van der Waals surface area contributed by atoms with Gasteiger partial charge in [-0.05, 0) is 11.6 Å². The van der Waals surface area contributed by atoms with Crippen molar-refractivity contribution in [1.29, 1.82) is 0 Å². The summed E-state index contributed by atoms with van der Waals surface area (Å²) in [6.07, 6.45) is -4.37. The van der Waals surface area contributed by atoms with Gasteiger partial charge in [0.25, 0.3) is 0 Å². The molecule has 1 aromatic rings. The molecule has 0 bridgehead atoms. The molecule has 9 nitrogen and oxygen atoms in total. The number of hydrogen-bond donors (Lipinski definition) is 4. The molecule has 0 amide bonds. The fraction of sp³-hybridized carbons (Fsp3) is 0.500. The van der Waals surface area contributed by atoms with Gasteiger partial charge in [0.1, 0.15) is 18.5 Å². The first-order chi connectivity index (χ1) is 10.1. The van der Waals surface area contributed by atoms with Gasteiger partial charge in [0.15, 0.2) is 11.8 Å². The highest BCUT2D eigenvalue weighted by molar-refractivity contribution is 6.30. The van der Waals surface area contributed by atoms with Crippen molar-refractivity contribution >= 4 is 11.6 Å². The number of aromatic amines is 1. The number of nitrogens with one attached hydrogen (secondary N) is 1. The second-order valence-electron chi connectivity index (χ2n) is 4.02. The monoisotopic (exact) mass is 304 g/mol. The molecule has 0 aliphatic carbocycles. The van der Waals surface area contributed by atoms with E-state index in [1.165, 1.54) is 0 Å². The number of aliphatic hydroxyl groups excluding tert-OH is 1. The predicted molar refractivity (Wildman–Crippen MR) is 66.7 cm³/mol. The predicted octanol–water partition coefficient (Wildman–Crippen LogP) is -2.92. The van der Waals surface area contributed by atoms with Crippen molar-refractivity contribution in [2.45, 2.75) is 24.0 Å². The molecule has 1 aliphatic rings. The van der Waals surface area contributed by atoms with Crippen LogP contribution in [0.3, 0.4) is 0 Å². The zero-order chi connectivity index (χ0) is 16.7. The molecule has 20 heavy (non-hydrogen) atoms. The van der Waals surface area contributed by atoms with Crippen LogP contribution in [0.15, 0.2) is 15.9 Å². The van der Waals surface area contributed by atoms with E-state index in [1.807, 2.05) is 10.4 Å². The topological polar surface area (TPSA) is 143 Å². The lowest BCUT2D eigenvalue weighted by Gasteiger charge is -2.27. The molecule has 1 aromatic heterocycles. The van der Waals surface area contributed by atoms with Gasteiger partial charge < -0.3 is 20.7 Å². The first-order valence-corrected chi connectivity index (χ1v) is 5.64. The highest BCUT2D eigenvalue weighted by Gasteiger charge is 2.54. The van der Waals surface area contributed by atoms with Crippen LogP contribution in [0, 0.1) is 11.3 Å².